The maximum Gasteiger partial charge on any atom is 0.306 e. The van der Waals surface area contributed by atoms with Crippen molar-refractivity contribution in [1.82, 2.24) is 0 Å². The average molecular weight is 1160 g/mol. The minimum atomic E-state index is -0.779. The van der Waals surface area contributed by atoms with E-state index < -0.39 is 6.10 Å². The number of esters is 3. The smallest absolute Gasteiger partial charge is 0.306 e. The Hall–Kier alpha value is -3.41. The predicted octanol–water partition coefficient (Wildman–Crippen LogP) is 25.0. The molecule has 0 amide bonds. The minimum Gasteiger partial charge on any atom is -0.462 e. The van der Waals surface area contributed by atoms with Gasteiger partial charge in [0.1, 0.15) is 13.2 Å². The molecule has 0 aliphatic rings. The van der Waals surface area contributed by atoms with Gasteiger partial charge in [-0.3, -0.25) is 14.4 Å². The molecule has 0 aromatic rings. The number of carbonyl (C=O) groups excluding carboxylic acids is 3. The fourth-order valence-corrected chi connectivity index (χ4v) is 10.5. The first-order valence-electron chi connectivity index (χ1n) is 36.1. The molecule has 0 saturated carbocycles. The fraction of sp³-hybridized carbons (Fsp3) is 0.779. The Bertz CT molecular complexity index is 1570. The van der Waals surface area contributed by atoms with E-state index in [1.54, 1.807) is 0 Å². The first-order valence-corrected chi connectivity index (χ1v) is 36.1. The van der Waals surface area contributed by atoms with Crippen molar-refractivity contribution >= 4 is 17.9 Å². The van der Waals surface area contributed by atoms with Crippen molar-refractivity contribution in [2.75, 3.05) is 13.2 Å². The summed E-state index contributed by atoms with van der Waals surface area (Å²) in [4.78, 5) is 38.3. The van der Waals surface area contributed by atoms with E-state index in [9.17, 15) is 14.4 Å². The molecule has 0 fully saturated rings. The lowest BCUT2D eigenvalue weighted by Crippen LogP contribution is -2.30. The van der Waals surface area contributed by atoms with Crippen molar-refractivity contribution in [3.8, 4) is 0 Å². The first kappa shape index (κ1) is 79.6. The van der Waals surface area contributed by atoms with Gasteiger partial charge in [0, 0.05) is 19.3 Å². The highest BCUT2D eigenvalue weighted by Crippen LogP contribution is 2.18. The molecule has 0 heterocycles. The summed E-state index contributed by atoms with van der Waals surface area (Å²) in [6.45, 7) is 6.55. The number of hydrogen-bond donors (Lipinski definition) is 0. The molecule has 0 aromatic heterocycles. The highest BCUT2D eigenvalue weighted by molar-refractivity contribution is 5.71. The highest BCUT2D eigenvalue weighted by Gasteiger charge is 2.19. The Morgan fingerprint density at radius 1 is 0.253 bits per heavy atom. The van der Waals surface area contributed by atoms with Gasteiger partial charge < -0.3 is 14.2 Å². The number of hydrogen-bond acceptors (Lipinski definition) is 6. The monoisotopic (exact) mass is 1160 g/mol. The normalized spacial score (nSPS) is 12.6. The van der Waals surface area contributed by atoms with Crippen LogP contribution in [-0.4, -0.2) is 37.2 Å². The Morgan fingerprint density at radius 2 is 0.470 bits per heavy atom. The molecule has 0 spiro atoms. The van der Waals surface area contributed by atoms with E-state index in [1.165, 1.54) is 225 Å². The summed E-state index contributed by atoms with van der Waals surface area (Å²) in [6, 6.07) is 0. The van der Waals surface area contributed by atoms with Crippen LogP contribution in [0.15, 0.2) is 85.1 Å². The largest absolute Gasteiger partial charge is 0.462 e. The zero-order valence-corrected chi connectivity index (χ0v) is 55.2. The molecule has 1 atom stereocenters. The van der Waals surface area contributed by atoms with Gasteiger partial charge in [0.05, 0.1) is 0 Å². The van der Waals surface area contributed by atoms with Gasteiger partial charge in [-0.15, -0.1) is 0 Å². The minimum absolute atomic E-state index is 0.0757. The molecule has 0 rings (SSSR count). The van der Waals surface area contributed by atoms with E-state index in [0.717, 1.165) is 103 Å². The summed E-state index contributed by atoms with van der Waals surface area (Å²) in [5.41, 5.74) is 0. The fourth-order valence-electron chi connectivity index (χ4n) is 10.5. The summed E-state index contributed by atoms with van der Waals surface area (Å²) in [5, 5.41) is 0. The topological polar surface area (TPSA) is 78.9 Å². The van der Waals surface area contributed by atoms with E-state index >= 15 is 0 Å². The van der Waals surface area contributed by atoms with Crippen molar-refractivity contribution in [3.63, 3.8) is 0 Å². The summed E-state index contributed by atoms with van der Waals surface area (Å²) in [6.07, 6.45) is 94.9. The molecule has 1 unspecified atom stereocenters. The van der Waals surface area contributed by atoms with Gasteiger partial charge in [-0.05, 0) is 96.3 Å². The van der Waals surface area contributed by atoms with Crippen LogP contribution >= 0.6 is 0 Å². The molecule has 0 bridgehead atoms. The Morgan fingerprint density at radius 3 is 0.747 bits per heavy atom. The van der Waals surface area contributed by atoms with Crippen molar-refractivity contribution in [2.24, 2.45) is 0 Å². The van der Waals surface area contributed by atoms with Gasteiger partial charge >= 0.3 is 17.9 Å². The highest BCUT2D eigenvalue weighted by atomic mass is 16.6. The van der Waals surface area contributed by atoms with Crippen LogP contribution < -0.4 is 0 Å². The van der Waals surface area contributed by atoms with Gasteiger partial charge in [-0.25, -0.2) is 0 Å². The lowest BCUT2D eigenvalue weighted by Gasteiger charge is -2.18. The molecule has 0 aliphatic heterocycles. The van der Waals surface area contributed by atoms with Crippen LogP contribution in [0.1, 0.15) is 367 Å². The SMILES string of the molecule is CC/C=C\C/C=C\C/C=C\C/C=C\C/C=C\C/C=C\CCCCCCCCCCC(=O)OC(COC(=O)CCCCCCCCCCC)COC(=O)CCCCCCCCCCCCCCCCCCC/C=C\CCCCCCCCCC. The molecule has 6 nitrogen and oxygen atoms in total. The van der Waals surface area contributed by atoms with Gasteiger partial charge in [0.2, 0.25) is 0 Å². The van der Waals surface area contributed by atoms with E-state index in [1.807, 2.05) is 0 Å². The summed E-state index contributed by atoms with van der Waals surface area (Å²) < 4.78 is 16.9. The first-order chi connectivity index (χ1) is 41.0. The third-order valence-electron chi connectivity index (χ3n) is 15.9. The average Bonchev–Trinajstić information content (AvgIpc) is 3.49. The molecule has 0 N–H and O–H groups in total. The predicted molar refractivity (Wildman–Crippen MR) is 362 cm³/mol. The number of allylic oxidation sites excluding steroid dienone is 14. The van der Waals surface area contributed by atoms with E-state index in [0.29, 0.717) is 19.3 Å². The van der Waals surface area contributed by atoms with Gasteiger partial charge in [-0.2, -0.15) is 0 Å². The van der Waals surface area contributed by atoms with Gasteiger partial charge in [0.15, 0.2) is 6.10 Å². The van der Waals surface area contributed by atoms with Crippen LogP contribution in [0.2, 0.25) is 0 Å². The molecule has 6 heteroatoms. The number of rotatable bonds is 66. The van der Waals surface area contributed by atoms with E-state index in [4.69, 9.17) is 14.2 Å². The maximum absolute atomic E-state index is 12.9. The van der Waals surface area contributed by atoms with Crippen molar-refractivity contribution in [2.45, 2.75) is 374 Å². The third-order valence-corrected chi connectivity index (χ3v) is 15.9. The summed E-state index contributed by atoms with van der Waals surface area (Å²) >= 11 is 0. The van der Waals surface area contributed by atoms with E-state index in [-0.39, 0.29) is 31.1 Å². The Kier molecular flexibility index (Phi) is 68.2. The van der Waals surface area contributed by atoms with Crippen LogP contribution in [0.3, 0.4) is 0 Å². The number of carbonyl (C=O) groups is 3. The molecular weight excluding hydrogens is 1020 g/mol. The Labute approximate surface area is 515 Å². The summed E-state index contributed by atoms with van der Waals surface area (Å²) in [5.74, 6) is -0.869. The zero-order chi connectivity index (χ0) is 59.9. The lowest BCUT2D eigenvalue weighted by molar-refractivity contribution is -0.167. The second-order valence-electron chi connectivity index (χ2n) is 24.1. The van der Waals surface area contributed by atoms with Crippen LogP contribution in [0.4, 0.5) is 0 Å². The molecule has 480 valence electrons. The third kappa shape index (κ3) is 69.3. The Balaban J connectivity index is 4.15. The second-order valence-corrected chi connectivity index (χ2v) is 24.1. The number of ether oxygens (including phenoxy) is 3. The summed E-state index contributed by atoms with van der Waals surface area (Å²) in [7, 11) is 0. The van der Waals surface area contributed by atoms with Gasteiger partial charge in [-0.1, -0.05) is 337 Å². The van der Waals surface area contributed by atoms with Crippen molar-refractivity contribution < 1.29 is 28.6 Å². The van der Waals surface area contributed by atoms with E-state index in [2.05, 4.69) is 106 Å². The molecular formula is C77H136O6. The number of unbranched alkanes of at least 4 members (excludes halogenated alkanes) is 41. The molecule has 0 saturated heterocycles. The van der Waals surface area contributed by atoms with Crippen molar-refractivity contribution in [3.05, 3.63) is 85.1 Å². The molecule has 0 radical (unpaired) electrons. The van der Waals surface area contributed by atoms with Gasteiger partial charge in [0.25, 0.3) is 0 Å². The quantitative estimate of drug-likeness (QED) is 0.0261. The second kappa shape index (κ2) is 71.1. The molecule has 0 aliphatic carbocycles. The lowest BCUT2D eigenvalue weighted by atomic mass is 10.0. The maximum atomic E-state index is 12.9. The van der Waals surface area contributed by atoms with Crippen LogP contribution in [0, 0.1) is 0 Å². The van der Waals surface area contributed by atoms with Crippen molar-refractivity contribution in [1.29, 1.82) is 0 Å². The van der Waals surface area contributed by atoms with Crippen LogP contribution in [0.5, 0.6) is 0 Å². The molecule has 0 aromatic carbocycles. The molecule has 83 heavy (non-hydrogen) atoms. The zero-order valence-electron chi connectivity index (χ0n) is 55.2. The standard InChI is InChI=1S/C77H136O6/c1-4-7-10-13-16-19-21-23-25-27-29-31-33-35-37-38-40-41-43-45-47-49-51-53-55-58-61-64-67-70-76(79)82-73-74(72-81-75(78)69-66-63-60-57-18-15-12-9-6-3)83-77(80)71-68-65-62-59-56-54-52-50-48-46-44-42-39-36-34-32-30-28-26-24-22-20-17-14-11-8-5-2/h8,11,17,20,24,26-27,29-30,32,36,39,44,46,74H,4-7,9-10,12-16,18-19,21-23,25,28,31,33-35,37-38,40-43,45,47-73H2,1-3H3/b11-8-,20-17-,26-24-,29-27-,32-30-,39-36-,46-44-. The van der Waals surface area contributed by atoms with Crippen LogP contribution in [0.25, 0.3) is 0 Å². The van der Waals surface area contributed by atoms with Crippen LogP contribution in [-0.2, 0) is 28.6 Å².